The predicted molar refractivity (Wildman–Crippen MR) is 134 cm³/mol. The Balaban J connectivity index is 1.27. The fourth-order valence-electron chi connectivity index (χ4n) is 4.94. The third kappa shape index (κ3) is 5.28. The Morgan fingerprint density at radius 3 is 2.74 bits per heavy atom. The fraction of sp³-hybridized carbons (Fsp3) is 0.519. The van der Waals surface area contributed by atoms with Crippen LogP contribution in [0.1, 0.15) is 55.0 Å². The molecule has 6 nitrogen and oxygen atoms in total. The van der Waals surface area contributed by atoms with Crippen LogP contribution in [0.2, 0.25) is 0 Å². The van der Waals surface area contributed by atoms with Crippen LogP contribution in [0.4, 0.5) is 0 Å². The maximum atomic E-state index is 11.3. The molecule has 1 saturated carbocycles. The van der Waals surface area contributed by atoms with E-state index in [1.807, 2.05) is 25.1 Å². The number of β-amino-alcohol motifs (C(OH)–C–C–N with tert-alkyl or cyclic N) is 1. The monoisotopic (exact) mass is 485 g/mol. The van der Waals surface area contributed by atoms with E-state index in [0.717, 1.165) is 23.3 Å². The minimum atomic E-state index is -0.805. The number of aryl methyl sites for hydroxylation is 1. The molecule has 5 atom stereocenters. The maximum Gasteiger partial charge on any atom is 0.311 e. The van der Waals surface area contributed by atoms with Crippen molar-refractivity contribution in [1.29, 1.82) is 0 Å². The highest BCUT2D eigenvalue weighted by atomic mass is 32.2. The van der Waals surface area contributed by atoms with Crippen molar-refractivity contribution in [1.82, 2.24) is 5.32 Å². The molecule has 1 fully saturated rings. The van der Waals surface area contributed by atoms with Gasteiger partial charge in [-0.25, -0.2) is 0 Å². The fourth-order valence-corrected chi connectivity index (χ4v) is 5.53. The Bertz CT molecular complexity index is 1060. The van der Waals surface area contributed by atoms with Crippen LogP contribution in [-0.4, -0.2) is 53.3 Å². The molecule has 2 aromatic carbocycles. The molecule has 1 heterocycles. The molecule has 34 heavy (non-hydrogen) atoms. The Labute approximate surface area is 206 Å². The van der Waals surface area contributed by atoms with Crippen molar-refractivity contribution >= 4 is 17.7 Å². The summed E-state index contributed by atoms with van der Waals surface area (Å²) in [6.07, 6.45) is 1.77. The van der Waals surface area contributed by atoms with E-state index >= 15 is 0 Å². The molecule has 0 bridgehead atoms. The summed E-state index contributed by atoms with van der Waals surface area (Å²) in [5.74, 6) is -0.556. The van der Waals surface area contributed by atoms with E-state index in [2.05, 4.69) is 50.5 Å². The van der Waals surface area contributed by atoms with Crippen molar-refractivity contribution in [3.8, 4) is 5.75 Å². The normalized spacial score (nSPS) is 22.5. The van der Waals surface area contributed by atoms with Gasteiger partial charge in [0.15, 0.2) is 0 Å². The number of fused-ring (bicyclic) bond motifs is 3. The molecule has 2 aromatic rings. The number of hydrogen-bond donors (Lipinski definition) is 3. The number of thioether (sulfide) groups is 1. The standard InChI is InChI=1S/C27H35NO5S/c1-15-11-17(9-10-21(15)34-5)12-27(3,4)28-13-18(29)14-32-16(2)19-7-6-8-20-22-23(26(30)31)25(22)33-24(19)20/h6-11,16,18,22-23,25,28-29H,12-14H2,1-5H3,(H,30,31)/t16-,18?,22+,23+,25+/m1/s1. The van der Waals surface area contributed by atoms with Gasteiger partial charge in [-0.3, -0.25) is 4.79 Å². The molecule has 1 aliphatic heterocycles. The van der Waals surface area contributed by atoms with E-state index in [9.17, 15) is 15.0 Å². The minimum absolute atomic E-state index is 0.0580. The maximum absolute atomic E-state index is 11.3. The van der Waals surface area contributed by atoms with Gasteiger partial charge >= 0.3 is 5.97 Å². The highest BCUT2D eigenvalue weighted by Gasteiger charge is 2.63. The smallest absolute Gasteiger partial charge is 0.311 e. The van der Waals surface area contributed by atoms with E-state index in [0.29, 0.717) is 6.54 Å². The zero-order valence-electron chi connectivity index (χ0n) is 20.5. The van der Waals surface area contributed by atoms with Gasteiger partial charge < -0.3 is 25.0 Å². The van der Waals surface area contributed by atoms with Crippen molar-refractivity contribution in [3.05, 3.63) is 58.7 Å². The third-order valence-electron chi connectivity index (χ3n) is 6.83. The van der Waals surface area contributed by atoms with Crippen LogP contribution in [0, 0.1) is 12.8 Å². The number of benzene rings is 2. The third-order valence-corrected chi connectivity index (χ3v) is 7.72. The molecular formula is C27H35NO5S. The van der Waals surface area contributed by atoms with E-state index in [-0.39, 0.29) is 30.3 Å². The minimum Gasteiger partial charge on any atom is -0.488 e. The Morgan fingerprint density at radius 1 is 1.29 bits per heavy atom. The first kappa shape index (κ1) is 25.0. The predicted octanol–water partition coefficient (Wildman–Crippen LogP) is 4.33. The van der Waals surface area contributed by atoms with Gasteiger partial charge in [-0.2, -0.15) is 0 Å². The molecule has 0 aromatic heterocycles. The summed E-state index contributed by atoms with van der Waals surface area (Å²) in [7, 11) is 0. The number of para-hydroxylation sites is 1. The Morgan fingerprint density at radius 2 is 2.06 bits per heavy atom. The molecular weight excluding hydrogens is 450 g/mol. The molecule has 0 radical (unpaired) electrons. The summed E-state index contributed by atoms with van der Waals surface area (Å²) in [5, 5.41) is 23.3. The van der Waals surface area contributed by atoms with Crippen LogP contribution in [0.15, 0.2) is 41.3 Å². The van der Waals surface area contributed by atoms with Gasteiger partial charge in [0.2, 0.25) is 0 Å². The van der Waals surface area contributed by atoms with Crippen molar-refractivity contribution in [3.63, 3.8) is 0 Å². The number of carbonyl (C=O) groups is 1. The second-order valence-corrected chi connectivity index (χ2v) is 11.0. The SMILES string of the molecule is CSc1ccc(CC(C)(C)NCC(O)CO[C@H](C)c2cccc3c2O[C@@H]2[C@@H](C(=O)O)[C@H]32)cc1C. The van der Waals surface area contributed by atoms with Gasteiger partial charge in [-0.05, 0) is 57.6 Å². The molecule has 7 heteroatoms. The van der Waals surface area contributed by atoms with E-state index in [1.54, 1.807) is 11.8 Å². The summed E-state index contributed by atoms with van der Waals surface area (Å²) >= 11 is 1.76. The van der Waals surface area contributed by atoms with Crippen LogP contribution in [0.25, 0.3) is 0 Å². The van der Waals surface area contributed by atoms with Gasteiger partial charge in [-0.15, -0.1) is 11.8 Å². The lowest BCUT2D eigenvalue weighted by Crippen LogP contribution is -2.46. The van der Waals surface area contributed by atoms with Crippen LogP contribution in [0.5, 0.6) is 5.75 Å². The van der Waals surface area contributed by atoms with E-state index in [1.165, 1.54) is 16.0 Å². The molecule has 1 unspecified atom stereocenters. The van der Waals surface area contributed by atoms with Gasteiger partial charge in [0.25, 0.3) is 0 Å². The Hall–Kier alpha value is -2.06. The number of aliphatic hydroxyl groups is 1. The number of carboxylic acids is 1. The van der Waals surface area contributed by atoms with Gasteiger partial charge in [-0.1, -0.05) is 30.3 Å². The molecule has 3 N–H and O–H groups in total. The number of aliphatic carboxylic acids is 1. The van der Waals surface area contributed by atoms with E-state index in [4.69, 9.17) is 9.47 Å². The number of hydrogen-bond acceptors (Lipinski definition) is 6. The van der Waals surface area contributed by atoms with Gasteiger partial charge in [0, 0.05) is 34.0 Å². The molecule has 0 spiro atoms. The quantitative estimate of drug-likeness (QED) is 0.409. The summed E-state index contributed by atoms with van der Waals surface area (Å²) in [6, 6.07) is 12.4. The first-order valence-electron chi connectivity index (χ1n) is 11.8. The van der Waals surface area contributed by atoms with Crippen LogP contribution in [-0.2, 0) is 16.0 Å². The topological polar surface area (TPSA) is 88.0 Å². The lowest BCUT2D eigenvalue weighted by Gasteiger charge is -2.28. The zero-order valence-corrected chi connectivity index (χ0v) is 21.3. The summed E-state index contributed by atoms with van der Waals surface area (Å²) in [6.45, 7) is 8.97. The van der Waals surface area contributed by atoms with Gasteiger partial charge in [0.05, 0.1) is 18.8 Å². The molecule has 0 saturated heterocycles. The van der Waals surface area contributed by atoms with E-state index < -0.39 is 18.0 Å². The van der Waals surface area contributed by atoms with Crippen LogP contribution < -0.4 is 10.1 Å². The molecule has 184 valence electrons. The average Bonchev–Trinajstić information content (AvgIpc) is 3.38. The number of nitrogens with one attached hydrogen (secondary N) is 1. The van der Waals surface area contributed by atoms with Crippen molar-refractivity contribution in [2.45, 2.75) is 68.8 Å². The van der Waals surface area contributed by atoms with Crippen LogP contribution in [0.3, 0.4) is 0 Å². The molecule has 1 aliphatic carbocycles. The van der Waals surface area contributed by atoms with Crippen LogP contribution >= 0.6 is 11.8 Å². The second kappa shape index (κ2) is 9.90. The molecule has 4 rings (SSSR count). The number of rotatable bonds is 11. The first-order chi connectivity index (χ1) is 16.1. The van der Waals surface area contributed by atoms with Crippen molar-refractivity contribution in [2.75, 3.05) is 19.4 Å². The molecule has 0 amide bonds. The van der Waals surface area contributed by atoms with Crippen molar-refractivity contribution < 1.29 is 24.5 Å². The Kier molecular flexibility index (Phi) is 7.29. The largest absolute Gasteiger partial charge is 0.488 e. The highest BCUT2D eigenvalue weighted by Crippen LogP contribution is 2.59. The van der Waals surface area contributed by atoms with Gasteiger partial charge in [0.1, 0.15) is 17.8 Å². The lowest BCUT2D eigenvalue weighted by molar-refractivity contribution is -0.139. The summed E-state index contributed by atoms with van der Waals surface area (Å²) in [4.78, 5) is 12.6. The van der Waals surface area contributed by atoms with Crippen molar-refractivity contribution in [2.24, 2.45) is 5.92 Å². The summed E-state index contributed by atoms with van der Waals surface area (Å²) < 4.78 is 11.9. The lowest BCUT2D eigenvalue weighted by atomic mass is 9.94. The molecule has 2 aliphatic rings. The average molecular weight is 486 g/mol. The second-order valence-electron chi connectivity index (χ2n) is 10.1. The highest BCUT2D eigenvalue weighted by molar-refractivity contribution is 7.98. The number of carboxylic acid groups (broad SMARTS) is 1. The number of aliphatic hydroxyl groups excluding tert-OH is 1. The summed E-state index contributed by atoms with van der Waals surface area (Å²) in [5.41, 5.74) is 4.24. The number of ether oxygens (including phenoxy) is 2. The first-order valence-corrected chi connectivity index (χ1v) is 13.0. The zero-order chi connectivity index (χ0) is 24.6.